The maximum atomic E-state index is 12.5. The van der Waals surface area contributed by atoms with E-state index in [4.69, 9.17) is 14.2 Å². The predicted molar refractivity (Wildman–Crippen MR) is 92.5 cm³/mol. The van der Waals surface area contributed by atoms with Crippen LogP contribution in [-0.2, 0) is 16.1 Å². The van der Waals surface area contributed by atoms with Gasteiger partial charge in [-0.25, -0.2) is 0 Å². The average Bonchev–Trinajstić information content (AvgIpc) is 3.32. The molecule has 0 saturated carbocycles. The van der Waals surface area contributed by atoms with E-state index in [9.17, 15) is 9.59 Å². The highest BCUT2D eigenvalue weighted by molar-refractivity contribution is 7.16. The van der Waals surface area contributed by atoms with E-state index >= 15 is 0 Å². The monoisotopic (exact) mass is 392 g/mol. The van der Waals surface area contributed by atoms with Crippen molar-refractivity contribution in [3.63, 3.8) is 0 Å². The summed E-state index contributed by atoms with van der Waals surface area (Å²) in [6, 6.07) is 3.57. The van der Waals surface area contributed by atoms with Crippen LogP contribution in [0.15, 0.2) is 17.1 Å². The highest BCUT2D eigenvalue weighted by Gasteiger charge is 2.20. The van der Waals surface area contributed by atoms with E-state index in [2.05, 4.69) is 14.6 Å². The number of hydrogen-bond donors (Lipinski definition) is 0. The first-order valence-corrected chi connectivity index (χ1v) is 9.03. The highest BCUT2D eigenvalue weighted by Crippen LogP contribution is 2.37. The average molecular weight is 392 g/mol. The van der Waals surface area contributed by atoms with E-state index in [-0.39, 0.29) is 13.3 Å². The van der Waals surface area contributed by atoms with Gasteiger partial charge in [0.1, 0.15) is 11.4 Å². The van der Waals surface area contributed by atoms with Gasteiger partial charge in [-0.2, -0.15) is 4.99 Å². The number of benzene rings is 1. The van der Waals surface area contributed by atoms with Crippen molar-refractivity contribution in [2.24, 2.45) is 4.99 Å². The van der Waals surface area contributed by atoms with Gasteiger partial charge in [-0.3, -0.25) is 9.59 Å². The summed E-state index contributed by atoms with van der Waals surface area (Å²) in [6.45, 7) is 1.76. The summed E-state index contributed by atoms with van der Waals surface area (Å²) in [5.74, 6) is 0.285. The van der Waals surface area contributed by atoms with E-state index in [1.54, 1.807) is 23.6 Å². The first-order valence-electron chi connectivity index (χ1n) is 7.44. The molecule has 0 bridgehead atoms. The number of thiazole rings is 1. The number of aryl methyl sites for hydroxylation is 1. The molecule has 3 heterocycles. The van der Waals surface area contributed by atoms with Crippen LogP contribution in [0.2, 0.25) is 0 Å². The fraction of sp³-hybridized carbons (Fsp3) is 0.267. The van der Waals surface area contributed by atoms with Crippen LogP contribution in [0.25, 0.3) is 10.2 Å². The second-order valence-corrected chi connectivity index (χ2v) is 7.09. The first-order chi connectivity index (χ1) is 12.6. The number of aromatic nitrogens is 3. The minimum absolute atomic E-state index is 0.0812. The number of rotatable bonds is 3. The molecule has 1 amide bonds. The number of fused-ring (bicyclic) bond motifs is 2. The lowest BCUT2D eigenvalue weighted by Crippen LogP contribution is -2.22. The van der Waals surface area contributed by atoms with E-state index in [1.807, 2.05) is 0 Å². The zero-order valence-corrected chi connectivity index (χ0v) is 15.3. The molecule has 0 saturated heterocycles. The molecule has 0 aliphatic carbocycles. The van der Waals surface area contributed by atoms with Crippen molar-refractivity contribution in [3.8, 4) is 11.5 Å². The third kappa shape index (κ3) is 2.84. The molecule has 0 N–H and O–H groups in total. The first kappa shape index (κ1) is 16.7. The Hall–Kier alpha value is -2.79. The largest absolute Gasteiger partial charge is 0.468 e. The van der Waals surface area contributed by atoms with Crippen LogP contribution in [0.1, 0.15) is 15.4 Å². The van der Waals surface area contributed by atoms with Crippen LogP contribution in [0.4, 0.5) is 0 Å². The van der Waals surface area contributed by atoms with Gasteiger partial charge in [0, 0.05) is 12.1 Å². The minimum atomic E-state index is -0.456. The molecular formula is C15H12N4O5S2. The Morgan fingerprint density at radius 3 is 2.81 bits per heavy atom. The van der Waals surface area contributed by atoms with Crippen molar-refractivity contribution in [2.45, 2.75) is 13.5 Å². The smallest absolute Gasteiger partial charge is 0.325 e. The molecule has 26 heavy (non-hydrogen) atoms. The number of amides is 1. The van der Waals surface area contributed by atoms with Gasteiger partial charge in [0.25, 0.3) is 5.91 Å². The second kappa shape index (κ2) is 6.50. The summed E-state index contributed by atoms with van der Waals surface area (Å²) in [5.41, 5.74) is 1.22. The second-order valence-electron chi connectivity index (χ2n) is 5.32. The summed E-state index contributed by atoms with van der Waals surface area (Å²) >= 11 is 2.25. The Bertz CT molecular complexity index is 1100. The van der Waals surface area contributed by atoms with Gasteiger partial charge in [0.2, 0.25) is 6.79 Å². The van der Waals surface area contributed by atoms with E-state index < -0.39 is 11.9 Å². The van der Waals surface area contributed by atoms with Gasteiger partial charge in [-0.05, 0) is 18.5 Å². The molecule has 0 atom stereocenters. The fourth-order valence-corrected chi connectivity index (χ4v) is 4.04. The Kier molecular flexibility index (Phi) is 4.17. The lowest BCUT2D eigenvalue weighted by Gasteiger charge is -2.04. The van der Waals surface area contributed by atoms with Crippen molar-refractivity contribution in [3.05, 3.63) is 27.5 Å². The fourth-order valence-electron chi connectivity index (χ4n) is 2.46. The number of hydrogen-bond acceptors (Lipinski definition) is 9. The van der Waals surface area contributed by atoms with Gasteiger partial charge in [-0.1, -0.05) is 15.8 Å². The quantitative estimate of drug-likeness (QED) is 0.622. The summed E-state index contributed by atoms with van der Waals surface area (Å²) in [5, 5.41) is 3.83. The van der Waals surface area contributed by atoms with Gasteiger partial charge in [0.05, 0.1) is 23.0 Å². The molecule has 134 valence electrons. The summed E-state index contributed by atoms with van der Waals surface area (Å²) in [7, 11) is 1.31. The van der Waals surface area contributed by atoms with Crippen LogP contribution in [-0.4, -0.2) is 39.9 Å². The number of nitrogens with zero attached hydrogens (tertiary/aromatic N) is 4. The molecule has 0 unspecified atom stereocenters. The maximum Gasteiger partial charge on any atom is 0.325 e. The SMILES string of the molecule is COC(=O)Cn1c(=NC(=O)c2snnc2C)sc2cc3c(cc21)OCO3. The zero-order valence-electron chi connectivity index (χ0n) is 13.7. The molecule has 0 fully saturated rings. The van der Waals surface area contributed by atoms with Crippen LogP contribution in [0.3, 0.4) is 0 Å². The number of carbonyl (C=O) groups excluding carboxylic acids is 2. The van der Waals surface area contributed by atoms with E-state index in [0.717, 1.165) is 16.2 Å². The minimum Gasteiger partial charge on any atom is -0.468 e. The predicted octanol–water partition coefficient (Wildman–Crippen LogP) is 1.51. The Morgan fingerprint density at radius 1 is 1.35 bits per heavy atom. The molecular weight excluding hydrogens is 380 g/mol. The van der Waals surface area contributed by atoms with Crippen molar-refractivity contribution < 1.29 is 23.8 Å². The molecule has 0 spiro atoms. The lowest BCUT2D eigenvalue weighted by atomic mass is 10.3. The van der Waals surface area contributed by atoms with E-state index in [0.29, 0.717) is 32.4 Å². The molecule has 4 rings (SSSR count). The highest BCUT2D eigenvalue weighted by atomic mass is 32.1. The van der Waals surface area contributed by atoms with Crippen LogP contribution < -0.4 is 14.3 Å². The molecule has 0 radical (unpaired) electrons. The number of esters is 1. The van der Waals surface area contributed by atoms with Crippen LogP contribution in [0, 0.1) is 6.92 Å². The van der Waals surface area contributed by atoms with Crippen molar-refractivity contribution >= 4 is 45.0 Å². The Morgan fingerprint density at radius 2 is 2.12 bits per heavy atom. The molecule has 2 aromatic heterocycles. The maximum absolute atomic E-state index is 12.5. The third-order valence-electron chi connectivity index (χ3n) is 3.73. The molecule has 1 aliphatic heterocycles. The molecule has 11 heteroatoms. The summed E-state index contributed by atoms with van der Waals surface area (Å²) in [4.78, 5) is 29.2. The van der Waals surface area contributed by atoms with Crippen LogP contribution in [0.5, 0.6) is 11.5 Å². The summed E-state index contributed by atoms with van der Waals surface area (Å²) in [6.07, 6.45) is 0. The topological polar surface area (TPSA) is 105 Å². The van der Waals surface area contributed by atoms with E-state index in [1.165, 1.54) is 18.4 Å². The van der Waals surface area contributed by atoms with Crippen molar-refractivity contribution in [1.29, 1.82) is 0 Å². The van der Waals surface area contributed by atoms with Crippen molar-refractivity contribution in [2.75, 3.05) is 13.9 Å². The molecule has 1 aliphatic rings. The standard InChI is InChI=1S/C15H12N4O5S2/c1-7-13(26-18-17-7)14(21)16-15-19(5-12(20)22-2)8-3-9-10(24-6-23-9)4-11(8)25-15/h3-4H,5-6H2,1-2H3. The summed E-state index contributed by atoms with van der Waals surface area (Å²) < 4.78 is 21.7. The van der Waals surface area contributed by atoms with Gasteiger partial charge in [-0.15, -0.1) is 5.10 Å². The number of ether oxygens (including phenoxy) is 3. The zero-order chi connectivity index (χ0) is 18.3. The normalized spacial score (nSPS) is 13.4. The molecule has 3 aromatic rings. The van der Waals surface area contributed by atoms with Gasteiger partial charge >= 0.3 is 5.97 Å². The Labute approximate surface area is 154 Å². The Balaban J connectivity index is 1.88. The third-order valence-corrected chi connectivity index (χ3v) is 5.59. The van der Waals surface area contributed by atoms with Crippen molar-refractivity contribution in [1.82, 2.24) is 14.2 Å². The van der Waals surface area contributed by atoms with Gasteiger partial charge < -0.3 is 18.8 Å². The van der Waals surface area contributed by atoms with Crippen LogP contribution >= 0.6 is 22.9 Å². The molecule has 9 nitrogen and oxygen atoms in total. The molecule has 1 aromatic carbocycles. The number of carbonyl (C=O) groups is 2. The number of methoxy groups -OCH3 is 1. The lowest BCUT2D eigenvalue weighted by molar-refractivity contribution is -0.141. The van der Waals surface area contributed by atoms with Gasteiger partial charge in [0.15, 0.2) is 16.3 Å².